The van der Waals surface area contributed by atoms with Gasteiger partial charge in [0.25, 0.3) is 5.91 Å². The second-order valence-electron chi connectivity index (χ2n) is 6.42. The van der Waals surface area contributed by atoms with Crippen molar-refractivity contribution < 1.29 is 14.1 Å². The van der Waals surface area contributed by atoms with Gasteiger partial charge < -0.3 is 14.2 Å². The first-order chi connectivity index (χ1) is 13.2. The Balaban J connectivity index is 1.39. The third-order valence-corrected chi connectivity index (χ3v) is 5.34. The Morgan fingerprint density at radius 2 is 1.96 bits per heavy atom. The smallest absolute Gasteiger partial charge is 0.255 e. The highest BCUT2D eigenvalue weighted by molar-refractivity contribution is 9.10. The van der Waals surface area contributed by atoms with Crippen LogP contribution in [-0.4, -0.2) is 41.1 Å². The number of amides is 1. The Kier molecular flexibility index (Phi) is 4.94. The molecule has 0 atom stereocenters. The van der Waals surface area contributed by atoms with Gasteiger partial charge in [0.05, 0.1) is 18.6 Å². The van der Waals surface area contributed by atoms with E-state index in [1.165, 1.54) is 0 Å². The topological polar surface area (TPSA) is 68.5 Å². The highest BCUT2D eigenvalue weighted by atomic mass is 79.9. The molecule has 2 heterocycles. The summed E-state index contributed by atoms with van der Waals surface area (Å²) in [5.41, 5.74) is 1.67. The maximum absolute atomic E-state index is 12.6. The van der Waals surface area contributed by atoms with Crippen LogP contribution < -0.4 is 4.74 Å². The number of likely N-dealkylation sites (tertiary alicyclic amines) is 1. The van der Waals surface area contributed by atoms with E-state index in [9.17, 15) is 4.79 Å². The van der Waals surface area contributed by atoms with E-state index in [-0.39, 0.29) is 11.8 Å². The summed E-state index contributed by atoms with van der Waals surface area (Å²) in [5, 5.41) is 4.08. The Hall–Kier alpha value is -2.67. The lowest BCUT2D eigenvalue weighted by atomic mass is 9.98. The number of halogens is 1. The number of hydrogen-bond donors (Lipinski definition) is 0. The molecule has 0 bridgehead atoms. The number of para-hydroxylation sites is 1. The number of hydrogen-bond acceptors (Lipinski definition) is 5. The van der Waals surface area contributed by atoms with Gasteiger partial charge in [-0.05, 0) is 34.1 Å². The number of carbonyl (C=O) groups excluding carboxylic acids is 1. The van der Waals surface area contributed by atoms with E-state index < -0.39 is 0 Å². The number of ether oxygens (including phenoxy) is 1. The van der Waals surface area contributed by atoms with Gasteiger partial charge in [0, 0.05) is 29.5 Å². The number of methoxy groups -OCH3 is 1. The van der Waals surface area contributed by atoms with E-state index in [0.29, 0.717) is 36.8 Å². The zero-order chi connectivity index (χ0) is 18.8. The molecule has 138 valence electrons. The molecule has 0 saturated carbocycles. The third-order valence-electron chi connectivity index (χ3n) is 4.65. The molecule has 7 heteroatoms. The van der Waals surface area contributed by atoms with Crippen molar-refractivity contribution in [1.29, 1.82) is 0 Å². The first-order valence-corrected chi connectivity index (χ1v) is 9.43. The van der Waals surface area contributed by atoms with Crippen molar-refractivity contribution in [2.75, 3.05) is 20.2 Å². The maximum atomic E-state index is 12.6. The molecule has 1 aromatic heterocycles. The second-order valence-corrected chi connectivity index (χ2v) is 7.28. The van der Waals surface area contributed by atoms with Gasteiger partial charge in [0.15, 0.2) is 5.82 Å². The van der Waals surface area contributed by atoms with Gasteiger partial charge >= 0.3 is 0 Å². The van der Waals surface area contributed by atoms with Crippen LogP contribution in [0.1, 0.15) is 33.6 Å². The van der Waals surface area contributed by atoms with Crippen LogP contribution in [0.4, 0.5) is 0 Å². The van der Waals surface area contributed by atoms with Crippen molar-refractivity contribution in [2.24, 2.45) is 0 Å². The molecule has 1 aliphatic rings. The minimum absolute atomic E-state index is 0.00693. The minimum Gasteiger partial charge on any atom is -0.496 e. The lowest BCUT2D eigenvalue weighted by Crippen LogP contribution is -2.48. The number of nitrogens with zero attached hydrogens (tertiary/aromatic N) is 3. The van der Waals surface area contributed by atoms with Gasteiger partial charge in [-0.25, -0.2) is 0 Å². The molecule has 1 fully saturated rings. The summed E-state index contributed by atoms with van der Waals surface area (Å²) in [5.74, 6) is 2.08. The molecule has 6 nitrogen and oxygen atoms in total. The average molecular weight is 428 g/mol. The van der Waals surface area contributed by atoms with Crippen LogP contribution >= 0.6 is 15.9 Å². The maximum Gasteiger partial charge on any atom is 0.255 e. The van der Waals surface area contributed by atoms with Crippen LogP contribution in [0.15, 0.2) is 57.5 Å². The van der Waals surface area contributed by atoms with Crippen molar-refractivity contribution in [3.8, 4) is 5.75 Å². The van der Waals surface area contributed by atoms with Crippen LogP contribution in [0.2, 0.25) is 0 Å². The molecule has 3 aromatic rings. The second kappa shape index (κ2) is 7.52. The van der Waals surface area contributed by atoms with Crippen LogP contribution in [-0.2, 0) is 6.42 Å². The fraction of sp³-hybridized carbons (Fsp3) is 0.250. The zero-order valence-electron chi connectivity index (χ0n) is 14.8. The fourth-order valence-corrected chi connectivity index (χ4v) is 3.58. The van der Waals surface area contributed by atoms with Gasteiger partial charge in [-0.3, -0.25) is 4.79 Å². The van der Waals surface area contributed by atoms with Gasteiger partial charge in [-0.1, -0.05) is 35.5 Å². The Labute approximate surface area is 165 Å². The zero-order valence-corrected chi connectivity index (χ0v) is 16.3. The molecule has 0 N–H and O–H groups in total. The van der Waals surface area contributed by atoms with Crippen LogP contribution in [0.5, 0.6) is 5.75 Å². The summed E-state index contributed by atoms with van der Waals surface area (Å²) in [7, 11) is 1.64. The Morgan fingerprint density at radius 1 is 1.22 bits per heavy atom. The Morgan fingerprint density at radius 3 is 2.74 bits per heavy atom. The quantitative estimate of drug-likeness (QED) is 0.621. The largest absolute Gasteiger partial charge is 0.496 e. The molecule has 1 amide bonds. The Bertz CT molecular complexity index is 966. The highest BCUT2D eigenvalue weighted by Crippen LogP contribution is 2.29. The van der Waals surface area contributed by atoms with E-state index in [1.807, 2.05) is 48.5 Å². The van der Waals surface area contributed by atoms with Crippen LogP contribution in [0.3, 0.4) is 0 Å². The van der Waals surface area contributed by atoms with Crippen molar-refractivity contribution in [2.45, 2.75) is 12.3 Å². The van der Waals surface area contributed by atoms with Gasteiger partial charge in [-0.15, -0.1) is 0 Å². The molecule has 27 heavy (non-hydrogen) atoms. The fourth-order valence-electron chi connectivity index (χ4n) is 3.13. The molecule has 2 aromatic carbocycles. The standard InChI is InChI=1S/C20H18BrN3O3/c1-26-17-9-5-2-6-13(17)10-18-22-19(27-23-18)14-11-24(12-14)20(25)15-7-3-4-8-16(15)21/h2-9,14H,10-12H2,1H3. The molecule has 0 spiro atoms. The molecule has 4 rings (SSSR count). The van der Waals surface area contributed by atoms with E-state index in [0.717, 1.165) is 15.8 Å². The van der Waals surface area contributed by atoms with E-state index in [2.05, 4.69) is 26.1 Å². The summed E-state index contributed by atoms with van der Waals surface area (Å²) in [4.78, 5) is 18.8. The van der Waals surface area contributed by atoms with Crippen LogP contribution in [0, 0.1) is 0 Å². The predicted octanol–water partition coefficient (Wildman–Crippen LogP) is 3.67. The molecular weight excluding hydrogens is 410 g/mol. The summed E-state index contributed by atoms with van der Waals surface area (Å²) >= 11 is 3.43. The van der Waals surface area contributed by atoms with Crippen molar-refractivity contribution in [3.05, 3.63) is 75.8 Å². The van der Waals surface area contributed by atoms with Crippen molar-refractivity contribution in [1.82, 2.24) is 15.0 Å². The molecule has 1 saturated heterocycles. The SMILES string of the molecule is COc1ccccc1Cc1noc(C2CN(C(=O)c3ccccc3Br)C2)n1. The first kappa shape index (κ1) is 17.7. The van der Waals surface area contributed by atoms with Crippen molar-refractivity contribution >= 4 is 21.8 Å². The highest BCUT2D eigenvalue weighted by Gasteiger charge is 2.36. The lowest BCUT2D eigenvalue weighted by Gasteiger charge is -2.37. The number of carbonyl (C=O) groups is 1. The molecular formula is C20H18BrN3O3. The van der Waals surface area contributed by atoms with E-state index >= 15 is 0 Å². The minimum atomic E-state index is 0.00693. The van der Waals surface area contributed by atoms with Crippen molar-refractivity contribution in [3.63, 3.8) is 0 Å². The first-order valence-electron chi connectivity index (χ1n) is 8.64. The number of rotatable bonds is 5. The summed E-state index contributed by atoms with van der Waals surface area (Å²) in [6.07, 6.45) is 0.542. The summed E-state index contributed by atoms with van der Waals surface area (Å²) in [6.45, 7) is 1.16. The normalized spacial score (nSPS) is 14.1. The lowest BCUT2D eigenvalue weighted by molar-refractivity contribution is 0.0568. The molecule has 0 aliphatic carbocycles. The van der Waals surface area contributed by atoms with Gasteiger partial charge in [0.2, 0.25) is 5.89 Å². The monoisotopic (exact) mass is 427 g/mol. The molecule has 1 aliphatic heterocycles. The van der Waals surface area contributed by atoms with E-state index in [4.69, 9.17) is 9.26 Å². The van der Waals surface area contributed by atoms with E-state index in [1.54, 1.807) is 12.0 Å². The summed E-state index contributed by atoms with van der Waals surface area (Å²) in [6, 6.07) is 15.2. The summed E-state index contributed by atoms with van der Waals surface area (Å²) < 4.78 is 11.6. The number of aromatic nitrogens is 2. The molecule has 0 radical (unpaired) electrons. The predicted molar refractivity (Wildman–Crippen MR) is 103 cm³/mol. The van der Waals surface area contributed by atoms with Gasteiger partial charge in [-0.2, -0.15) is 4.98 Å². The average Bonchev–Trinajstić information content (AvgIpc) is 3.09. The van der Waals surface area contributed by atoms with Crippen LogP contribution in [0.25, 0.3) is 0 Å². The molecule has 0 unspecified atom stereocenters. The van der Waals surface area contributed by atoms with Gasteiger partial charge in [0.1, 0.15) is 5.75 Å². The number of benzene rings is 2. The third kappa shape index (κ3) is 3.60.